The van der Waals surface area contributed by atoms with Gasteiger partial charge in [-0.2, -0.15) is 5.10 Å². The van der Waals surface area contributed by atoms with Crippen molar-refractivity contribution < 1.29 is 14.3 Å². The number of amides is 1. The molecule has 0 unspecified atom stereocenters. The third-order valence-corrected chi connectivity index (χ3v) is 1.95. The van der Waals surface area contributed by atoms with E-state index in [0.717, 1.165) is 18.2 Å². The average molecular weight is 221 g/mol. The van der Waals surface area contributed by atoms with Crippen molar-refractivity contribution in [1.29, 1.82) is 0 Å². The number of aromatic amines is 1. The molecular weight excluding hydrogens is 213 g/mol. The maximum atomic E-state index is 12.9. The maximum absolute atomic E-state index is 12.9. The number of rotatable bonds is 2. The van der Waals surface area contributed by atoms with Gasteiger partial charge in [0.05, 0.1) is 11.8 Å². The summed E-state index contributed by atoms with van der Waals surface area (Å²) in [5.41, 5.74) is -0.130. The molecule has 1 heterocycles. The Hall–Kier alpha value is -2.37. The molecular formula is C10H8FN3O2. The van der Waals surface area contributed by atoms with Gasteiger partial charge in [-0.3, -0.25) is 9.89 Å². The van der Waals surface area contributed by atoms with E-state index in [4.69, 9.17) is 0 Å². The molecule has 0 bridgehead atoms. The lowest BCUT2D eigenvalue weighted by atomic mass is 10.2. The molecule has 6 heteroatoms. The van der Waals surface area contributed by atoms with Crippen LogP contribution in [0.3, 0.4) is 0 Å². The highest BCUT2D eigenvalue weighted by molar-refractivity contribution is 6.05. The summed E-state index contributed by atoms with van der Waals surface area (Å²) in [5, 5.41) is 18.0. The smallest absolute Gasteiger partial charge is 0.260 e. The summed E-state index contributed by atoms with van der Waals surface area (Å²) in [6.45, 7) is 0. The zero-order valence-electron chi connectivity index (χ0n) is 8.07. The minimum atomic E-state index is -0.610. The molecule has 0 radical (unpaired) electrons. The average Bonchev–Trinajstić information content (AvgIpc) is 2.74. The first-order valence-electron chi connectivity index (χ1n) is 4.46. The van der Waals surface area contributed by atoms with Crippen molar-refractivity contribution in [3.63, 3.8) is 0 Å². The van der Waals surface area contributed by atoms with Crippen molar-refractivity contribution in [2.24, 2.45) is 0 Å². The van der Waals surface area contributed by atoms with Crippen molar-refractivity contribution in [1.82, 2.24) is 10.2 Å². The Bertz CT molecular complexity index is 511. The fourth-order valence-corrected chi connectivity index (χ4v) is 1.21. The number of phenols is 1. The Labute approximate surface area is 89.9 Å². The Kier molecular flexibility index (Phi) is 2.55. The summed E-state index contributed by atoms with van der Waals surface area (Å²) in [5.74, 6) is -1.11. The van der Waals surface area contributed by atoms with Gasteiger partial charge in [-0.15, -0.1) is 0 Å². The Balaban J connectivity index is 2.24. The van der Waals surface area contributed by atoms with Gasteiger partial charge in [0, 0.05) is 6.07 Å². The van der Waals surface area contributed by atoms with E-state index in [0.29, 0.717) is 5.82 Å². The van der Waals surface area contributed by atoms with Crippen LogP contribution in [0.15, 0.2) is 30.5 Å². The van der Waals surface area contributed by atoms with Gasteiger partial charge < -0.3 is 10.4 Å². The van der Waals surface area contributed by atoms with E-state index < -0.39 is 11.7 Å². The molecule has 0 saturated heterocycles. The predicted molar refractivity (Wildman–Crippen MR) is 54.6 cm³/mol. The molecule has 1 aromatic heterocycles. The Morgan fingerprint density at radius 3 is 2.94 bits per heavy atom. The van der Waals surface area contributed by atoms with Crippen LogP contribution in [0.5, 0.6) is 5.75 Å². The molecule has 2 aromatic rings. The molecule has 0 aliphatic heterocycles. The van der Waals surface area contributed by atoms with Crippen molar-refractivity contribution in [3.8, 4) is 5.75 Å². The summed E-state index contributed by atoms with van der Waals surface area (Å²) in [6, 6.07) is 4.69. The van der Waals surface area contributed by atoms with Gasteiger partial charge in [0.25, 0.3) is 5.91 Å². The maximum Gasteiger partial charge on any atom is 0.260 e. The van der Waals surface area contributed by atoms with Crippen LogP contribution in [0.25, 0.3) is 0 Å². The number of hydrogen-bond acceptors (Lipinski definition) is 3. The number of halogens is 1. The molecule has 0 fully saturated rings. The topological polar surface area (TPSA) is 78.0 Å². The summed E-state index contributed by atoms with van der Waals surface area (Å²) in [4.78, 5) is 11.6. The number of aromatic nitrogens is 2. The fourth-order valence-electron chi connectivity index (χ4n) is 1.21. The lowest BCUT2D eigenvalue weighted by Crippen LogP contribution is -2.12. The number of carbonyl (C=O) groups is 1. The molecule has 0 atom stereocenters. The van der Waals surface area contributed by atoms with Crippen molar-refractivity contribution in [3.05, 3.63) is 41.8 Å². The van der Waals surface area contributed by atoms with Gasteiger partial charge in [0.15, 0.2) is 0 Å². The number of carbonyl (C=O) groups excluding carboxylic acids is 1. The normalized spacial score (nSPS) is 10.1. The van der Waals surface area contributed by atoms with Crippen LogP contribution in [0.4, 0.5) is 10.2 Å². The van der Waals surface area contributed by atoms with Crippen molar-refractivity contribution >= 4 is 11.7 Å². The highest BCUT2D eigenvalue weighted by atomic mass is 19.1. The van der Waals surface area contributed by atoms with Gasteiger partial charge >= 0.3 is 0 Å². The number of phenolic OH excluding ortho intramolecular Hbond substituents is 1. The van der Waals surface area contributed by atoms with E-state index in [1.165, 1.54) is 12.3 Å². The molecule has 0 aliphatic carbocycles. The molecule has 0 spiro atoms. The van der Waals surface area contributed by atoms with Crippen LogP contribution in [0.2, 0.25) is 0 Å². The highest BCUT2D eigenvalue weighted by Crippen LogP contribution is 2.18. The van der Waals surface area contributed by atoms with E-state index >= 15 is 0 Å². The summed E-state index contributed by atoms with van der Waals surface area (Å²) >= 11 is 0. The van der Waals surface area contributed by atoms with E-state index in [9.17, 15) is 14.3 Å². The van der Waals surface area contributed by atoms with Crippen LogP contribution in [-0.4, -0.2) is 21.2 Å². The standard InChI is InChI=1S/C10H8FN3O2/c11-6-1-2-8(15)7(5-6)10(16)13-9-3-4-12-14-9/h1-5,15H,(H2,12,13,14,16). The fraction of sp³-hybridized carbons (Fsp3) is 0. The lowest BCUT2D eigenvalue weighted by molar-refractivity contribution is 0.102. The SMILES string of the molecule is O=C(Nc1ccn[nH]1)c1cc(F)ccc1O. The number of benzene rings is 1. The first-order valence-corrected chi connectivity index (χ1v) is 4.46. The molecule has 5 nitrogen and oxygen atoms in total. The molecule has 2 rings (SSSR count). The van der Waals surface area contributed by atoms with Crippen molar-refractivity contribution in [2.75, 3.05) is 5.32 Å². The molecule has 0 saturated carbocycles. The first-order chi connectivity index (χ1) is 7.66. The van der Waals surface area contributed by atoms with Crippen LogP contribution in [-0.2, 0) is 0 Å². The van der Waals surface area contributed by atoms with Gasteiger partial charge in [0.2, 0.25) is 0 Å². The third kappa shape index (κ3) is 2.00. The van der Waals surface area contributed by atoms with Crippen LogP contribution >= 0.6 is 0 Å². The minimum absolute atomic E-state index is 0.130. The molecule has 1 aromatic carbocycles. The minimum Gasteiger partial charge on any atom is -0.507 e. The number of nitrogens with zero attached hydrogens (tertiary/aromatic N) is 1. The number of hydrogen-bond donors (Lipinski definition) is 3. The summed E-state index contributed by atoms with van der Waals surface area (Å²) < 4.78 is 12.9. The zero-order chi connectivity index (χ0) is 11.5. The molecule has 82 valence electrons. The van der Waals surface area contributed by atoms with E-state index in [2.05, 4.69) is 15.5 Å². The highest BCUT2D eigenvalue weighted by Gasteiger charge is 2.12. The molecule has 1 amide bonds. The third-order valence-electron chi connectivity index (χ3n) is 1.95. The van der Waals surface area contributed by atoms with E-state index in [1.807, 2.05) is 0 Å². The first kappa shape index (κ1) is 10.2. The zero-order valence-corrected chi connectivity index (χ0v) is 8.07. The molecule has 16 heavy (non-hydrogen) atoms. The quantitative estimate of drug-likeness (QED) is 0.719. The van der Waals surface area contributed by atoms with Crippen LogP contribution in [0.1, 0.15) is 10.4 Å². The number of anilines is 1. The van der Waals surface area contributed by atoms with Gasteiger partial charge in [-0.05, 0) is 18.2 Å². The van der Waals surface area contributed by atoms with Gasteiger partial charge in [-0.25, -0.2) is 4.39 Å². The second kappa shape index (κ2) is 4.01. The number of aromatic hydroxyl groups is 1. The van der Waals surface area contributed by atoms with Gasteiger partial charge in [-0.1, -0.05) is 0 Å². The van der Waals surface area contributed by atoms with Gasteiger partial charge in [0.1, 0.15) is 17.4 Å². The van der Waals surface area contributed by atoms with E-state index in [-0.39, 0.29) is 11.3 Å². The Morgan fingerprint density at radius 1 is 1.44 bits per heavy atom. The number of H-pyrrole nitrogens is 1. The predicted octanol–water partition coefficient (Wildman–Crippen LogP) is 1.51. The van der Waals surface area contributed by atoms with Crippen molar-refractivity contribution in [2.45, 2.75) is 0 Å². The second-order valence-electron chi connectivity index (χ2n) is 3.09. The van der Waals surface area contributed by atoms with Crippen LogP contribution < -0.4 is 5.32 Å². The van der Waals surface area contributed by atoms with E-state index in [1.54, 1.807) is 0 Å². The largest absolute Gasteiger partial charge is 0.507 e. The summed E-state index contributed by atoms with van der Waals surface area (Å²) in [6.07, 6.45) is 1.46. The monoisotopic (exact) mass is 221 g/mol. The Morgan fingerprint density at radius 2 is 2.25 bits per heavy atom. The van der Waals surface area contributed by atoms with Crippen LogP contribution in [0, 0.1) is 5.82 Å². The second-order valence-corrected chi connectivity index (χ2v) is 3.09. The molecule has 0 aliphatic rings. The lowest BCUT2D eigenvalue weighted by Gasteiger charge is -2.04. The number of nitrogens with one attached hydrogen (secondary N) is 2. The molecule has 3 N–H and O–H groups in total. The summed E-state index contributed by atoms with van der Waals surface area (Å²) in [7, 11) is 0.